The third-order valence-electron chi connectivity index (χ3n) is 3.02. The van der Waals surface area contributed by atoms with E-state index in [1.54, 1.807) is 0 Å². The molecule has 2 N–H and O–H groups in total. The molecule has 0 bridgehead atoms. The molecule has 4 heteroatoms. The standard InChI is InChI=1S/C13H17ClN2O/c14-12-5-1-3-10(7-12)8-16-13(17)11-4-2-6-15-9-11/h1,3,5,7,11,15H,2,4,6,8-9H2,(H,16,17)/t11-/m1/s1. The van der Waals surface area contributed by atoms with Crippen LogP contribution in [0, 0.1) is 5.92 Å². The average Bonchev–Trinajstić information content (AvgIpc) is 2.37. The molecule has 0 saturated carbocycles. The van der Waals surface area contributed by atoms with Crippen LogP contribution in [0.1, 0.15) is 18.4 Å². The van der Waals surface area contributed by atoms with Gasteiger partial charge in [-0.25, -0.2) is 0 Å². The lowest BCUT2D eigenvalue weighted by atomic mass is 9.99. The average molecular weight is 253 g/mol. The van der Waals surface area contributed by atoms with Crippen LogP contribution < -0.4 is 10.6 Å². The predicted molar refractivity (Wildman–Crippen MR) is 68.9 cm³/mol. The van der Waals surface area contributed by atoms with Crippen molar-refractivity contribution in [2.45, 2.75) is 19.4 Å². The first-order chi connectivity index (χ1) is 8.25. The molecule has 1 aliphatic rings. The van der Waals surface area contributed by atoms with E-state index in [0.717, 1.165) is 31.5 Å². The Labute approximate surface area is 107 Å². The minimum Gasteiger partial charge on any atom is -0.352 e. The summed E-state index contributed by atoms with van der Waals surface area (Å²) in [5, 5.41) is 6.90. The molecule has 0 unspecified atom stereocenters. The molecule has 1 amide bonds. The third-order valence-corrected chi connectivity index (χ3v) is 3.26. The SMILES string of the molecule is O=C(NCc1cccc(Cl)c1)[C@@H]1CCCNC1. The van der Waals surface area contributed by atoms with Gasteiger partial charge in [0.15, 0.2) is 0 Å². The van der Waals surface area contributed by atoms with E-state index in [1.807, 2.05) is 24.3 Å². The predicted octanol–water partition coefficient (Wildman–Crippen LogP) is 1.96. The number of hydrogen-bond acceptors (Lipinski definition) is 2. The lowest BCUT2D eigenvalue weighted by molar-refractivity contribution is -0.125. The number of halogens is 1. The van der Waals surface area contributed by atoms with Crippen molar-refractivity contribution in [2.75, 3.05) is 13.1 Å². The van der Waals surface area contributed by atoms with Gasteiger partial charge in [-0.05, 0) is 37.1 Å². The van der Waals surface area contributed by atoms with Gasteiger partial charge in [0.05, 0.1) is 5.92 Å². The smallest absolute Gasteiger partial charge is 0.224 e. The van der Waals surface area contributed by atoms with Gasteiger partial charge in [-0.15, -0.1) is 0 Å². The molecule has 1 heterocycles. The number of carbonyl (C=O) groups excluding carboxylic acids is 1. The molecule has 3 nitrogen and oxygen atoms in total. The largest absolute Gasteiger partial charge is 0.352 e. The van der Waals surface area contributed by atoms with Gasteiger partial charge in [0.2, 0.25) is 5.91 Å². The summed E-state index contributed by atoms with van der Waals surface area (Å²) >= 11 is 5.89. The number of benzene rings is 1. The van der Waals surface area contributed by atoms with Crippen molar-refractivity contribution in [1.82, 2.24) is 10.6 Å². The Morgan fingerprint density at radius 1 is 1.53 bits per heavy atom. The second kappa shape index (κ2) is 6.03. The lowest BCUT2D eigenvalue weighted by Crippen LogP contribution is -2.40. The molecule has 92 valence electrons. The van der Waals surface area contributed by atoms with Crippen LogP contribution in [0.4, 0.5) is 0 Å². The van der Waals surface area contributed by atoms with Crippen LogP contribution in [0.25, 0.3) is 0 Å². The van der Waals surface area contributed by atoms with E-state index < -0.39 is 0 Å². The highest BCUT2D eigenvalue weighted by Gasteiger charge is 2.20. The van der Waals surface area contributed by atoms with Gasteiger partial charge in [0.25, 0.3) is 0 Å². The lowest BCUT2D eigenvalue weighted by Gasteiger charge is -2.21. The van der Waals surface area contributed by atoms with E-state index in [-0.39, 0.29) is 11.8 Å². The monoisotopic (exact) mass is 252 g/mol. The molecule has 0 aliphatic carbocycles. The summed E-state index contributed by atoms with van der Waals surface area (Å²) in [5.41, 5.74) is 1.04. The molecule has 1 aromatic carbocycles. The number of amides is 1. The molecule has 1 fully saturated rings. The second-order valence-electron chi connectivity index (χ2n) is 4.39. The van der Waals surface area contributed by atoms with Crippen LogP contribution in [-0.2, 0) is 11.3 Å². The number of rotatable bonds is 3. The molecule has 1 aromatic rings. The quantitative estimate of drug-likeness (QED) is 0.864. The summed E-state index contributed by atoms with van der Waals surface area (Å²) in [4.78, 5) is 11.9. The fourth-order valence-corrected chi connectivity index (χ4v) is 2.27. The molecular formula is C13H17ClN2O. The third kappa shape index (κ3) is 3.72. The zero-order valence-corrected chi connectivity index (χ0v) is 10.5. The minimum absolute atomic E-state index is 0.114. The van der Waals surface area contributed by atoms with Crippen LogP contribution >= 0.6 is 11.6 Å². The van der Waals surface area contributed by atoms with E-state index >= 15 is 0 Å². The molecule has 1 atom stereocenters. The highest BCUT2D eigenvalue weighted by Crippen LogP contribution is 2.12. The Kier molecular flexibility index (Phi) is 4.40. The first kappa shape index (κ1) is 12.4. The van der Waals surface area contributed by atoms with Gasteiger partial charge >= 0.3 is 0 Å². The van der Waals surface area contributed by atoms with E-state index in [9.17, 15) is 4.79 Å². The Morgan fingerprint density at radius 2 is 2.41 bits per heavy atom. The molecule has 0 radical (unpaired) electrons. The summed E-state index contributed by atoms with van der Waals surface area (Å²) in [6, 6.07) is 7.57. The molecule has 1 aliphatic heterocycles. The van der Waals surface area contributed by atoms with E-state index in [0.29, 0.717) is 11.6 Å². The molecule has 2 rings (SSSR count). The summed E-state index contributed by atoms with van der Waals surface area (Å²) in [7, 11) is 0. The minimum atomic E-state index is 0.114. The van der Waals surface area contributed by atoms with E-state index in [2.05, 4.69) is 10.6 Å². The van der Waals surface area contributed by atoms with Crippen LogP contribution in [0.5, 0.6) is 0 Å². The Bertz CT molecular complexity index is 389. The normalized spacial score (nSPS) is 19.9. The van der Waals surface area contributed by atoms with Crippen LogP contribution in [0.3, 0.4) is 0 Å². The first-order valence-electron chi connectivity index (χ1n) is 5.98. The van der Waals surface area contributed by atoms with Crippen molar-refractivity contribution in [1.29, 1.82) is 0 Å². The van der Waals surface area contributed by atoms with Gasteiger partial charge in [-0.1, -0.05) is 23.7 Å². The van der Waals surface area contributed by atoms with Crippen LogP contribution in [0.15, 0.2) is 24.3 Å². The molecule has 0 spiro atoms. The Morgan fingerprint density at radius 3 is 3.12 bits per heavy atom. The molecular weight excluding hydrogens is 236 g/mol. The van der Waals surface area contributed by atoms with Crippen molar-refractivity contribution in [3.05, 3.63) is 34.9 Å². The number of carbonyl (C=O) groups is 1. The fraction of sp³-hybridized carbons (Fsp3) is 0.462. The number of piperidine rings is 1. The fourth-order valence-electron chi connectivity index (χ4n) is 2.06. The van der Waals surface area contributed by atoms with E-state index in [4.69, 9.17) is 11.6 Å². The van der Waals surface area contributed by atoms with Crippen molar-refractivity contribution in [2.24, 2.45) is 5.92 Å². The summed E-state index contributed by atoms with van der Waals surface area (Å²) in [6.07, 6.45) is 2.06. The summed E-state index contributed by atoms with van der Waals surface area (Å²) in [5.74, 6) is 0.250. The van der Waals surface area contributed by atoms with Gasteiger partial charge in [0.1, 0.15) is 0 Å². The van der Waals surface area contributed by atoms with Crippen molar-refractivity contribution in [3.8, 4) is 0 Å². The van der Waals surface area contributed by atoms with Crippen LogP contribution in [-0.4, -0.2) is 19.0 Å². The van der Waals surface area contributed by atoms with Crippen LogP contribution in [0.2, 0.25) is 5.02 Å². The Balaban J connectivity index is 1.83. The Hall–Kier alpha value is -1.06. The highest BCUT2D eigenvalue weighted by molar-refractivity contribution is 6.30. The van der Waals surface area contributed by atoms with Gasteiger partial charge < -0.3 is 10.6 Å². The maximum Gasteiger partial charge on any atom is 0.224 e. The highest BCUT2D eigenvalue weighted by atomic mass is 35.5. The topological polar surface area (TPSA) is 41.1 Å². The van der Waals surface area contributed by atoms with Crippen molar-refractivity contribution in [3.63, 3.8) is 0 Å². The molecule has 1 saturated heterocycles. The molecule has 17 heavy (non-hydrogen) atoms. The first-order valence-corrected chi connectivity index (χ1v) is 6.36. The van der Waals surface area contributed by atoms with E-state index in [1.165, 1.54) is 0 Å². The van der Waals surface area contributed by atoms with Gasteiger partial charge in [-0.2, -0.15) is 0 Å². The van der Waals surface area contributed by atoms with Crippen molar-refractivity contribution < 1.29 is 4.79 Å². The van der Waals surface area contributed by atoms with Gasteiger partial charge in [0, 0.05) is 18.1 Å². The summed E-state index contributed by atoms with van der Waals surface area (Å²) in [6.45, 7) is 2.37. The van der Waals surface area contributed by atoms with Gasteiger partial charge in [-0.3, -0.25) is 4.79 Å². The number of hydrogen-bond donors (Lipinski definition) is 2. The maximum absolute atomic E-state index is 11.9. The number of nitrogens with one attached hydrogen (secondary N) is 2. The summed E-state index contributed by atoms with van der Waals surface area (Å²) < 4.78 is 0. The van der Waals surface area contributed by atoms with Crippen molar-refractivity contribution >= 4 is 17.5 Å². The zero-order valence-electron chi connectivity index (χ0n) is 9.71. The second-order valence-corrected chi connectivity index (χ2v) is 4.83. The molecule has 0 aromatic heterocycles. The maximum atomic E-state index is 11.9. The zero-order chi connectivity index (χ0) is 12.1.